The molecule has 10 heavy (non-hydrogen) atoms. The zero-order chi connectivity index (χ0) is 7.45. The number of hydrogen-bond acceptors (Lipinski definition) is 2. The van der Waals surface area contributed by atoms with Gasteiger partial charge in [0.25, 0.3) is 0 Å². The molecule has 1 aliphatic heterocycles. The lowest BCUT2D eigenvalue weighted by Gasteiger charge is -2.19. The molecule has 1 heterocycles. The van der Waals surface area contributed by atoms with Crippen LogP contribution in [0.2, 0.25) is 0 Å². The molecule has 1 unspecified atom stereocenters. The fraction of sp³-hybridized carbons (Fsp3) is 1.00. The Morgan fingerprint density at radius 1 is 1.70 bits per heavy atom. The van der Waals surface area contributed by atoms with E-state index in [1.54, 1.807) is 0 Å². The highest BCUT2D eigenvalue weighted by molar-refractivity contribution is 6.24. The van der Waals surface area contributed by atoms with Gasteiger partial charge < -0.3 is 10.6 Å². The summed E-state index contributed by atoms with van der Waals surface area (Å²) in [6.07, 6.45) is 1.08. The van der Waals surface area contributed by atoms with E-state index in [0.717, 1.165) is 32.6 Å². The second-order valence-corrected chi connectivity index (χ2v) is 3.66. The van der Waals surface area contributed by atoms with Crippen molar-refractivity contribution in [1.29, 1.82) is 0 Å². The molecule has 0 aromatic rings. The largest absolute Gasteiger partial charge is 0.315 e. The number of nitrogens with one attached hydrogen (secondary N) is 2. The first kappa shape index (κ1) is 8.31. The van der Waals surface area contributed by atoms with Crippen molar-refractivity contribution in [1.82, 2.24) is 10.6 Å². The topological polar surface area (TPSA) is 24.1 Å². The van der Waals surface area contributed by atoms with Gasteiger partial charge in [-0.05, 0) is 19.5 Å². The average molecular weight is 163 g/mol. The maximum atomic E-state index is 6.22. The smallest absolute Gasteiger partial charge is 0.0706 e. The third-order valence-corrected chi connectivity index (χ3v) is 2.34. The second kappa shape index (κ2) is 3.56. The summed E-state index contributed by atoms with van der Waals surface area (Å²) in [5.74, 6) is 0. The molecule has 2 N–H and O–H groups in total. The molecule has 1 atom stereocenters. The molecule has 1 saturated heterocycles. The van der Waals surface area contributed by atoms with Crippen LogP contribution in [0.4, 0.5) is 0 Å². The molecule has 60 valence electrons. The van der Waals surface area contributed by atoms with Crippen LogP contribution in [0.3, 0.4) is 0 Å². The molecule has 0 bridgehead atoms. The van der Waals surface area contributed by atoms with E-state index in [-0.39, 0.29) is 4.87 Å². The zero-order valence-electron chi connectivity index (χ0n) is 6.41. The van der Waals surface area contributed by atoms with E-state index < -0.39 is 0 Å². The molecule has 0 saturated carbocycles. The van der Waals surface area contributed by atoms with E-state index in [0.29, 0.717) is 0 Å². The second-order valence-electron chi connectivity index (χ2n) is 2.86. The molecular formula is C7H15ClN2. The van der Waals surface area contributed by atoms with Gasteiger partial charge in [-0.2, -0.15) is 0 Å². The van der Waals surface area contributed by atoms with E-state index in [2.05, 4.69) is 17.6 Å². The Kier molecular flexibility index (Phi) is 2.96. The van der Waals surface area contributed by atoms with Gasteiger partial charge in [0, 0.05) is 13.1 Å². The summed E-state index contributed by atoms with van der Waals surface area (Å²) < 4.78 is 0. The van der Waals surface area contributed by atoms with Crippen molar-refractivity contribution in [3.05, 3.63) is 0 Å². The number of hydrogen-bond donors (Lipinski definition) is 2. The molecule has 0 aliphatic carbocycles. The van der Waals surface area contributed by atoms with E-state index >= 15 is 0 Å². The van der Waals surface area contributed by atoms with Crippen LogP contribution < -0.4 is 10.6 Å². The van der Waals surface area contributed by atoms with Gasteiger partial charge >= 0.3 is 0 Å². The Morgan fingerprint density at radius 3 is 3.00 bits per heavy atom. The molecule has 0 aromatic heterocycles. The van der Waals surface area contributed by atoms with Gasteiger partial charge in [0.1, 0.15) is 0 Å². The fourth-order valence-electron chi connectivity index (χ4n) is 1.21. The molecule has 0 spiro atoms. The third kappa shape index (κ3) is 2.11. The van der Waals surface area contributed by atoms with Crippen molar-refractivity contribution in [3.8, 4) is 0 Å². The zero-order valence-corrected chi connectivity index (χ0v) is 7.17. The summed E-state index contributed by atoms with van der Waals surface area (Å²) >= 11 is 6.22. The van der Waals surface area contributed by atoms with Crippen molar-refractivity contribution in [2.45, 2.75) is 18.2 Å². The highest BCUT2D eigenvalue weighted by Crippen LogP contribution is 2.21. The lowest BCUT2D eigenvalue weighted by atomic mass is 10.1. The summed E-state index contributed by atoms with van der Waals surface area (Å²) in [7, 11) is 0. The number of halogens is 1. The molecule has 2 nitrogen and oxygen atoms in total. The van der Waals surface area contributed by atoms with Crippen molar-refractivity contribution < 1.29 is 0 Å². The molecule has 1 aliphatic rings. The minimum absolute atomic E-state index is 0.00396. The van der Waals surface area contributed by atoms with Crippen LogP contribution in [-0.2, 0) is 0 Å². The van der Waals surface area contributed by atoms with Gasteiger partial charge in [-0.25, -0.2) is 0 Å². The molecule has 3 heteroatoms. The number of rotatable bonds is 3. The Hall–Kier alpha value is 0.210. The van der Waals surface area contributed by atoms with Crippen LogP contribution in [0.15, 0.2) is 0 Å². The Labute approximate surface area is 67.3 Å². The van der Waals surface area contributed by atoms with Crippen LogP contribution in [0, 0.1) is 0 Å². The van der Waals surface area contributed by atoms with Crippen LogP contribution in [0.25, 0.3) is 0 Å². The van der Waals surface area contributed by atoms with Crippen LogP contribution >= 0.6 is 11.6 Å². The quantitative estimate of drug-likeness (QED) is 0.593. The lowest BCUT2D eigenvalue weighted by Crippen LogP contribution is -2.37. The molecule has 1 rings (SSSR count). The first-order valence-corrected chi connectivity index (χ1v) is 4.25. The van der Waals surface area contributed by atoms with Gasteiger partial charge in [0.15, 0.2) is 0 Å². The maximum Gasteiger partial charge on any atom is 0.0706 e. The Balaban J connectivity index is 2.22. The van der Waals surface area contributed by atoms with Crippen molar-refractivity contribution in [2.75, 3.05) is 26.2 Å². The van der Waals surface area contributed by atoms with Crippen molar-refractivity contribution >= 4 is 11.6 Å². The summed E-state index contributed by atoms with van der Waals surface area (Å²) in [6, 6.07) is 0. The first-order valence-electron chi connectivity index (χ1n) is 3.87. The minimum atomic E-state index is -0.00396. The van der Waals surface area contributed by atoms with Gasteiger partial charge in [-0.15, -0.1) is 11.6 Å². The van der Waals surface area contributed by atoms with Gasteiger partial charge in [0.2, 0.25) is 0 Å². The molecular weight excluding hydrogens is 148 g/mol. The monoisotopic (exact) mass is 162 g/mol. The predicted octanol–water partition coefficient (Wildman–Crippen LogP) is 0.567. The normalized spacial score (nSPS) is 33.0. The average Bonchev–Trinajstić information content (AvgIpc) is 2.33. The highest BCUT2D eigenvalue weighted by atomic mass is 35.5. The predicted molar refractivity (Wildman–Crippen MR) is 44.6 cm³/mol. The Bertz CT molecular complexity index is 99.8. The summed E-state index contributed by atoms with van der Waals surface area (Å²) in [4.78, 5) is -0.00396. The Morgan fingerprint density at radius 2 is 2.50 bits per heavy atom. The highest BCUT2D eigenvalue weighted by Gasteiger charge is 2.30. The van der Waals surface area contributed by atoms with E-state index in [1.807, 2.05) is 0 Å². The number of alkyl halides is 1. The van der Waals surface area contributed by atoms with Crippen LogP contribution in [0.1, 0.15) is 13.3 Å². The maximum absolute atomic E-state index is 6.22. The molecule has 0 radical (unpaired) electrons. The van der Waals surface area contributed by atoms with E-state index in [1.165, 1.54) is 0 Å². The van der Waals surface area contributed by atoms with Crippen molar-refractivity contribution in [2.24, 2.45) is 0 Å². The van der Waals surface area contributed by atoms with Crippen LogP contribution in [0.5, 0.6) is 0 Å². The van der Waals surface area contributed by atoms with E-state index in [9.17, 15) is 0 Å². The van der Waals surface area contributed by atoms with Gasteiger partial charge in [-0.3, -0.25) is 0 Å². The van der Waals surface area contributed by atoms with E-state index in [4.69, 9.17) is 11.6 Å². The SMILES string of the molecule is CCNCC1(Cl)CCNC1. The summed E-state index contributed by atoms with van der Waals surface area (Å²) in [5.41, 5.74) is 0. The summed E-state index contributed by atoms with van der Waals surface area (Å²) in [5, 5.41) is 6.51. The standard InChI is InChI=1S/C7H15ClN2/c1-2-9-5-7(8)3-4-10-6-7/h9-10H,2-6H2,1H3. The summed E-state index contributed by atoms with van der Waals surface area (Å²) in [6.45, 7) is 6.05. The fourth-order valence-corrected chi connectivity index (χ4v) is 1.50. The third-order valence-electron chi connectivity index (χ3n) is 1.88. The first-order chi connectivity index (χ1) is 4.77. The van der Waals surface area contributed by atoms with Gasteiger partial charge in [-0.1, -0.05) is 6.92 Å². The molecule has 1 fully saturated rings. The van der Waals surface area contributed by atoms with Gasteiger partial charge in [0.05, 0.1) is 4.87 Å². The van der Waals surface area contributed by atoms with Crippen molar-refractivity contribution in [3.63, 3.8) is 0 Å². The lowest BCUT2D eigenvalue weighted by molar-refractivity contribution is 0.557. The minimum Gasteiger partial charge on any atom is -0.315 e. The van der Waals surface area contributed by atoms with Crippen LogP contribution in [-0.4, -0.2) is 31.1 Å². The molecule has 0 aromatic carbocycles. The molecule has 0 amide bonds.